The highest BCUT2D eigenvalue weighted by molar-refractivity contribution is 9.10. The Morgan fingerprint density at radius 2 is 2.05 bits per heavy atom. The van der Waals surface area contributed by atoms with Gasteiger partial charge in [-0.1, -0.05) is 15.9 Å². The number of hydrogen-bond acceptors (Lipinski definition) is 4. The maximum absolute atomic E-state index is 12.0. The summed E-state index contributed by atoms with van der Waals surface area (Å²) >= 11 is 3.29. The maximum atomic E-state index is 12.0. The van der Waals surface area contributed by atoms with Gasteiger partial charge in [0.05, 0.1) is 23.5 Å². The van der Waals surface area contributed by atoms with Crippen LogP contribution in [0.15, 0.2) is 41.0 Å². The number of anilines is 1. The van der Waals surface area contributed by atoms with Crippen molar-refractivity contribution in [2.75, 3.05) is 4.90 Å². The SMILES string of the molecule is O=C1C(=O)N(Cc2cccnn2)c2ccc(Br)cc21. The van der Waals surface area contributed by atoms with Crippen LogP contribution in [-0.2, 0) is 11.3 Å². The first-order valence-corrected chi connectivity index (χ1v) is 6.38. The van der Waals surface area contributed by atoms with Crippen LogP contribution in [0.1, 0.15) is 16.1 Å². The zero-order valence-corrected chi connectivity index (χ0v) is 11.3. The molecule has 2 heterocycles. The van der Waals surface area contributed by atoms with Gasteiger partial charge in [0.1, 0.15) is 0 Å². The lowest BCUT2D eigenvalue weighted by Gasteiger charge is -2.15. The van der Waals surface area contributed by atoms with E-state index in [0.29, 0.717) is 16.9 Å². The summed E-state index contributed by atoms with van der Waals surface area (Å²) in [5, 5.41) is 7.69. The Balaban J connectivity index is 2.00. The second-order valence-corrected chi connectivity index (χ2v) is 5.01. The second kappa shape index (κ2) is 4.55. The Morgan fingerprint density at radius 3 is 2.79 bits per heavy atom. The third-order valence-corrected chi connectivity index (χ3v) is 3.37. The number of ketones is 1. The molecule has 1 aromatic heterocycles. The number of nitrogens with zero attached hydrogens (tertiary/aromatic N) is 3. The first-order valence-electron chi connectivity index (χ1n) is 5.59. The van der Waals surface area contributed by atoms with Crippen molar-refractivity contribution in [2.45, 2.75) is 6.54 Å². The molecule has 0 spiro atoms. The molecular weight excluding hydrogens is 310 g/mol. The van der Waals surface area contributed by atoms with Gasteiger partial charge in [-0.2, -0.15) is 10.2 Å². The van der Waals surface area contributed by atoms with Crippen molar-refractivity contribution in [3.8, 4) is 0 Å². The van der Waals surface area contributed by atoms with Crippen molar-refractivity contribution < 1.29 is 9.59 Å². The fourth-order valence-corrected chi connectivity index (χ4v) is 2.37. The molecule has 94 valence electrons. The van der Waals surface area contributed by atoms with Gasteiger partial charge < -0.3 is 0 Å². The molecule has 1 aromatic carbocycles. The third-order valence-electron chi connectivity index (χ3n) is 2.88. The Morgan fingerprint density at radius 1 is 1.21 bits per heavy atom. The molecule has 0 fully saturated rings. The van der Waals surface area contributed by atoms with E-state index >= 15 is 0 Å². The minimum absolute atomic E-state index is 0.243. The van der Waals surface area contributed by atoms with Gasteiger partial charge in [0.15, 0.2) is 0 Å². The van der Waals surface area contributed by atoms with Crippen LogP contribution in [0.3, 0.4) is 0 Å². The van der Waals surface area contributed by atoms with E-state index in [9.17, 15) is 9.59 Å². The van der Waals surface area contributed by atoms with Crippen molar-refractivity contribution in [2.24, 2.45) is 0 Å². The van der Waals surface area contributed by atoms with E-state index in [1.165, 1.54) is 4.90 Å². The summed E-state index contributed by atoms with van der Waals surface area (Å²) in [6.07, 6.45) is 1.56. The molecule has 1 amide bonds. The smallest absolute Gasteiger partial charge is 0.299 e. The summed E-state index contributed by atoms with van der Waals surface area (Å²) in [5.41, 5.74) is 1.67. The van der Waals surface area contributed by atoms with E-state index in [1.54, 1.807) is 36.5 Å². The predicted molar refractivity (Wildman–Crippen MR) is 71.7 cm³/mol. The van der Waals surface area contributed by atoms with Gasteiger partial charge in [0, 0.05) is 10.7 Å². The Bertz CT molecular complexity index is 673. The average molecular weight is 318 g/mol. The van der Waals surface area contributed by atoms with Gasteiger partial charge in [0.2, 0.25) is 0 Å². The van der Waals surface area contributed by atoms with Crippen molar-refractivity contribution in [1.82, 2.24) is 10.2 Å². The summed E-state index contributed by atoms with van der Waals surface area (Å²) in [6.45, 7) is 0.243. The summed E-state index contributed by atoms with van der Waals surface area (Å²) < 4.78 is 0.772. The number of carbonyl (C=O) groups is 2. The molecule has 0 unspecified atom stereocenters. The zero-order chi connectivity index (χ0) is 13.4. The van der Waals surface area contributed by atoms with Gasteiger partial charge in [0.25, 0.3) is 11.7 Å². The molecule has 0 N–H and O–H groups in total. The van der Waals surface area contributed by atoms with Gasteiger partial charge in [-0.25, -0.2) is 0 Å². The van der Waals surface area contributed by atoms with Crippen LogP contribution in [0.2, 0.25) is 0 Å². The van der Waals surface area contributed by atoms with Crippen LogP contribution in [0, 0.1) is 0 Å². The molecule has 0 radical (unpaired) electrons. The molecule has 0 saturated carbocycles. The first-order chi connectivity index (χ1) is 9.16. The molecule has 0 saturated heterocycles. The van der Waals surface area contributed by atoms with Crippen molar-refractivity contribution in [1.29, 1.82) is 0 Å². The van der Waals surface area contributed by atoms with E-state index in [0.717, 1.165) is 4.47 Å². The number of carbonyl (C=O) groups excluding carboxylic acids is 2. The number of benzene rings is 1. The van der Waals surface area contributed by atoms with Gasteiger partial charge in [-0.3, -0.25) is 14.5 Å². The highest BCUT2D eigenvalue weighted by Crippen LogP contribution is 2.32. The average Bonchev–Trinajstić information content (AvgIpc) is 2.65. The summed E-state index contributed by atoms with van der Waals surface area (Å²) in [4.78, 5) is 25.3. The molecule has 3 rings (SSSR count). The number of halogens is 1. The van der Waals surface area contributed by atoms with Gasteiger partial charge >= 0.3 is 0 Å². The molecule has 0 aliphatic carbocycles. The topological polar surface area (TPSA) is 63.2 Å². The molecule has 6 heteroatoms. The molecule has 1 aliphatic rings. The molecule has 19 heavy (non-hydrogen) atoms. The van der Waals surface area contributed by atoms with Crippen LogP contribution in [0.25, 0.3) is 0 Å². The van der Waals surface area contributed by atoms with Gasteiger partial charge in [-0.05, 0) is 30.3 Å². The standard InChI is InChI=1S/C13H8BrN3O2/c14-8-3-4-11-10(6-8)12(18)13(19)17(11)7-9-2-1-5-15-16-9/h1-6H,7H2. The molecule has 2 aromatic rings. The highest BCUT2D eigenvalue weighted by atomic mass is 79.9. The molecule has 0 bridgehead atoms. The van der Waals surface area contributed by atoms with Crippen LogP contribution < -0.4 is 4.90 Å². The first kappa shape index (κ1) is 12.0. The summed E-state index contributed by atoms with van der Waals surface area (Å²) in [5.74, 6) is -1.01. The fourth-order valence-electron chi connectivity index (χ4n) is 2.01. The lowest BCUT2D eigenvalue weighted by molar-refractivity contribution is -0.114. The number of rotatable bonds is 2. The minimum atomic E-state index is -0.529. The lowest BCUT2D eigenvalue weighted by atomic mass is 10.1. The number of fused-ring (bicyclic) bond motifs is 1. The number of aromatic nitrogens is 2. The normalized spacial score (nSPS) is 13.8. The maximum Gasteiger partial charge on any atom is 0.299 e. The number of hydrogen-bond donors (Lipinski definition) is 0. The lowest BCUT2D eigenvalue weighted by Crippen LogP contribution is -2.29. The number of amides is 1. The molecule has 5 nitrogen and oxygen atoms in total. The molecule has 0 atom stereocenters. The molecule has 1 aliphatic heterocycles. The largest absolute Gasteiger partial charge is 0.299 e. The van der Waals surface area contributed by atoms with Gasteiger partial charge in [-0.15, -0.1) is 0 Å². The van der Waals surface area contributed by atoms with E-state index in [2.05, 4.69) is 26.1 Å². The Hall–Kier alpha value is -2.08. The number of Topliss-reactive ketones (excluding diaryl/α,β-unsaturated/α-hetero) is 1. The highest BCUT2D eigenvalue weighted by Gasteiger charge is 2.35. The van der Waals surface area contributed by atoms with E-state index in [1.807, 2.05) is 0 Å². The predicted octanol–water partition coefficient (Wildman–Crippen LogP) is 1.97. The third kappa shape index (κ3) is 2.04. The molecular formula is C13H8BrN3O2. The van der Waals surface area contributed by atoms with E-state index in [4.69, 9.17) is 0 Å². The minimum Gasteiger partial charge on any atom is -0.299 e. The van der Waals surface area contributed by atoms with E-state index < -0.39 is 11.7 Å². The van der Waals surface area contributed by atoms with Crippen LogP contribution >= 0.6 is 15.9 Å². The Labute approximate surface area is 117 Å². The van der Waals surface area contributed by atoms with Crippen molar-refractivity contribution >= 4 is 33.3 Å². The fraction of sp³-hybridized carbons (Fsp3) is 0.0769. The monoisotopic (exact) mass is 317 g/mol. The van der Waals surface area contributed by atoms with E-state index in [-0.39, 0.29) is 6.54 Å². The second-order valence-electron chi connectivity index (χ2n) is 4.10. The summed E-state index contributed by atoms with van der Waals surface area (Å²) in [6, 6.07) is 8.72. The van der Waals surface area contributed by atoms with Crippen LogP contribution in [-0.4, -0.2) is 21.9 Å². The Kier molecular flexibility index (Phi) is 2.87. The van der Waals surface area contributed by atoms with Crippen molar-refractivity contribution in [3.63, 3.8) is 0 Å². The van der Waals surface area contributed by atoms with Crippen LogP contribution in [0.4, 0.5) is 5.69 Å². The summed E-state index contributed by atoms with van der Waals surface area (Å²) in [7, 11) is 0. The van der Waals surface area contributed by atoms with Crippen molar-refractivity contribution in [3.05, 3.63) is 52.3 Å². The zero-order valence-electron chi connectivity index (χ0n) is 9.71. The quantitative estimate of drug-likeness (QED) is 0.794. The van der Waals surface area contributed by atoms with Crippen LogP contribution in [0.5, 0.6) is 0 Å².